The van der Waals surface area contributed by atoms with E-state index in [1.807, 2.05) is 38.1 Å². The first-order valence-corrected chi connectivity index (χ1v) is 12.0. The van der Waals surface area contributed by atoms with E-state index in [1.165, 1.54) is 15.6 Å². The van der Waals surface area contributed by atoms with E-state index < -0.39 is 10.0 Å². The molecule has 0 bridgehead atoms. The molecular formula is C21H24N2O4S2. The Morgan fingerprint density at radius 3 is 2.59 bits per heavy atom. The van der Waals surface area contributed by atoms with E-state index in [2.05, 4.69) is 5.32 Å². The summed E-state index contributed by atoms with van der Waals surface area (Å²) in [6.07, 6.45) is 1.03. The number of aryl methyl sites for hydroxylation is 1. The maximum Gasteiger partial charge on any atom is 0.252 e. The largest absolute Gasteiger partial charge is 0.459 e. The van der Waals surface area contributed by atoms with Gasteiger partial charge in [0.1, 0.15) is 15.6 Å². The molecule has 3 heterocycles. The molecule has 1 aliphatic heterocycles. The van der Waals surface area contributed by atoms with Crippen LogP contribution >= 0.6 is 11.3 Å². The van der Waals surface area contributed by atoms with Crippen LogP contribution < -0.4 is 5.32 Å². The number of sulfonamides is 1. The molecule has 4 rings (SSSR count). The van der Waals surface area contributed by atoms with Gasteiger partial charge < -0.3 is 9.73 Å². The van der Waals surface area contributed by atoms with E-state index in [1.54, 1.807) is 17.5 Å². The van der Waals surface area contributed by atoms with E-state index in [4.69, 9.17) is 4.42 Å². The first-order chi connectivity index (χ1) is 13.9. The maximum atomic E-state index is 12.8. The van der Waals surface area contributed by atoms with Crippen molar-refractivity contribution >= 4 is 38.2 Å². The molecule has 0 radical (unpaired) electrons. The van der Waals surface area contributed by atoms with Crippen LogP contribution in [0.4, 0.5) is 0 Å². The molecule has 1 fully saturated rings. The van der Waals surface area contributed by atoms with Crippen LogP contribution in [0.15, 0.2) is 50.4 Å². The van der Waals surface area contributed by atoms with Gasteiger partial charge >= 0.3 is 0 Å². The highest BCUT2D eigenvalue weighted by molar-refractivity contribution is 7.91. The number of furan rings is 1. The van der Waals surface area contributed by atoms with Gasteiger partial charge in [-0.1, -0.05) is 24.3 Å². The van der Waals surface area contributed by atoms with Crippen molar-refractivity contribution in [3.05, 3.63) is 53.1 Å². The summed E-state index contributed by atoms with van der Waals surface area (Å²) in [4.78, 5) is 12.8. The monoisotopic (exact) mass is 432 g/mol. The highest BCUT2D eigenvalue weighted by Gasteiger charge is 2.33. The fourth-order valence-electron chi connectivity index (χ4n) is 3.90. The molecule has 2 aromatic heterocycles. The maximum absolute atomic E-state index is 12.8. The molecule has 0 spiro atoms. The SMILES string of the molecule is Cc1c(C(C)NC(=O)C2CCN(S(=O)(=O)c3cccs3)CC2)oc2ccccc12. The lowest BCUT2D eigenvalue weighted by Gasteiger charge is -2.30. The molecule has 3 aromatic rings. The van der Waals surface area contributed by atoms with Crippen molar-refractivity contribution in [3.8, 4) is 0 Å². The van der Waals surface area contributed by atoms with Crippen LogP contribution in [0.3, 0.4) is 0 Å². The number of rotatable bonds is 5. The van der Waals surface area contributed by atoms with Crippen LogP contribution in [0.1, 0.15) is 37.1 Å². The summed E-state index contributed by atoms with van der Waals surface area (Å²) >= 11 is 1.22. The normalized spacial score (nSPS) is 17.4. The Labute approximate surface area is 174 Å². The molecule has 0 aliphatic carbocycles. The summed E-state index contributed by atoms with van der Waals surface area (Å²) in [7, 11) is -3.45. The van der Waals surface area contributed by atoms with Crippen LogP contribution in [0.25, 0.3) is 11.0 Å². The Hall–Kier alpha value is -2.16. The van der Waals surface area contributed by atoms with E-state index >= 15 is 0 Å². The van der Waals surface area contributed by atoms with Gasteiger partial charge in [-0.2, -0.15) is 4.31 Å². The van der Waals surface area contributed by atoms with Crippen LogP contribution in [-0.4, -0.2) is 31.7 Å². The third-order valence-corrected chi connectivity index (χ3v) is 8.82. The van der Waals surface area contributed by atoms with Crippen molar-refractivity contribution in [2.45, 2.75) is 36.9 Å². The second kappa shape index (κ2) is 7.93. The first-order valence-electron chi connectivity index (χ1n) is 9.70. The second-order valence-electron chi connectivity index (χ2n) is 7.43. The van der Waals surface area contributed by atoms with Gasteiger partial charge in [0, 0.05) is 30.0 Å². The molecule has 1 aromatic carbocycles. The molecule has 6 nitrogen and oxygen atoms in total. The number of hydrogen-bond acceptors (Lipinski definition) is 5. The molecule has 1 aliphatic rings. The van der Waals surface area contributed by atoms with Crippen LogP contribution in [0.2, 0.25) is 0 Å². The third-order valence-electron chi connectivity index (χ3n) is 5.55. The Kier molecular flexibility index (Phi) is 5.50. The van der Waals surface area contributed by atoms with Gasteiger partial charge in [-0.25, -0.2) is 8.42 Å². The number of hydrogen-bond donors (Lipinski definition) is 1. The van der Waals surface area contributed by atoms with Gasteiger partial charge in [0.15, 0.2) is 0 Å². The molecule has 1 N–H and O–H groups in total. The number of thiophene rings is 1. The quantitative estimate of drug-likeness (QED) is 0.659. The standard InChI is InChI=1S/C21H24N2O4S2/c1-14-17-6-3-4-7-18(17)27-20(14)15(2)22-21(24)16-9-11-23(12-10-16)29(25,26)19-8-5-13-28-19/h3-8,13,15-16H,9-12H2,1-2H3,(H,22,24). The Bertz CT molecular complexity index is 1110. The lowest BCUT2D eigenvalue weighted by Crippen LogP contribution is -2.43. The summed E-state index contributed by atoms with van der Waals surface area (Å²) in [6.45, 7) is 4.63. The number of piperidine rings is 1. The smallest absolute Gasteiger partial charge is 0.252 e. The summed E-state index contributed by atoms with van der Waals surface area (Å²) < 4.78 is 33.1. The number of amides is 1. The number of nitrogens with one attached hydrogen (secondary N) is 1. The van der Waals surface area contributed by atoms with Crippen molar-refractivity contribution in [1.29, 1.82) is 0 Å². The van der Waals surface area contributed by atoms with Crippen LogP contribution in [-0.2, 0) is 14.8 Å². The number of benzene rings is 1. The minimum atomic E-state index is -3.45. The zero-order valence-electron chi connectivity index (χ0n) is 16.4. The Balaban J connectivity index is 1.39. The average Bonchev–Trinajstić information content (AvgIpc) is 3.37. The lowest BCUT2D eigenvalue weighted by atomic mass is 9.96. The first kappa shape index (κ1) is 20.1. The summed E-state index contributed by atoms with van der Waals surface area (Å²) in [5, 5.41) is 5.86. The molecule has 1 atom stereocenters. The van der Waals surface area contributed by atoms with Crippen LogP contribution in [0.5, 0.6) is 0 Å². The highest BCUT2D eigenvalue weighted by atomic mass is 32.2. The minimum absolute atomic E-state index is 0.0504. The zero-order chi connectivity index (χ0) is 20.6. The fourth-order valence-corrected chi connectivity index (χ4v) is 6.51. The number of nitrogens with zero attached hydrogens (tertiary/aromatic N) is 1. The van der Waals surface area contributed by atoms with E-state index in [0.717, 1.165) is 22.3 Å². The summed E-state index contributed by atoms with van der Waals surface area (Å²) in [5.74, 6) is 0.514. The predicted molar refractivity (Wildman–Crippen MR) is 113 cm³/mol. The summed E-state index contributed by atoms with van der Waals surface area (Å²) in [6, 6.07) is 10.9. The summed E-state index contributed by atoms with van der Waals surface area (Å²) in [5.41, 5.74) is 1.85. The predicted octanol–water partition coefficient (Wildman–Crippen LogP) is 4.08. The molecule has 0 saturated carbocycles. The van der Waals surface area contributed by atoms with Gasteiger partial charge in [-0.3, -0.25) is 4.79 Å². The number of carbonyl (C=O) groups excluding carboxylic acids is 1. The minimum Gasteiger partial charge on any atom is -0.459 e. The van der Waals surface area contributed by atoms with E-state index in [9.17, 15) is 13.2 Å². The Morgan fingerprint density at radius 1 is 1.21 bits per heavy atom. The molecule has 154 valence electrons. The number of para-hydroxylation sites is 1. The second-order valence-corrected chi connectivity index (χ2v) is 10.5. The Morgan fingerprint density at radius 2 is 1.93 bits per heavy atom. The van der Waals surface area contributed by atoms with Crippen molar-refractivity contribution in [2.24, 2.45) is 5.92 Å². The molecule has 1 amide bonds. The van der Waals surface area contributed by atoms with E-state index in [0.29, 0.717) is 30.1 Å². The van der Waals surface area contributed by atoms with Crippen molar-refractivity contribution in [2.75, 3.05) is 13.1 Å². The molecule has 1 unspecified atom stereocenters. The van der Waals surface area contributed by atoms with Gasteiger partial charge in [-0.15, -0.1) is 11.3 Å². The topological polar surface area (TPSA) is 79.6 Å². The van der Waals surface area contributed by atoms with Crippen molar-refractivity contribution < 1.29 is 17.6 Å². The zero-order valence-corrected chi connectivity index (χ0v) is 18.1. The number of carbonyl (C=O) groups is 1. The molecule has 1 saturated heterocycles. The van der Waals surface area contributed by atoms with Gasteiger partial charge in [0.05, 0.1) is 6.04 Å². The molecule has 29 heavy (non-hydrogen) atoms. The third kappa shape index (κ3) is 3.84. The molecular weight excluding hydrogens is 408 g/mol. The highest BCUT2D eigenvalue weighted by Crippen LogP contribution is 2.30. The van der Waals surface area contributed by atoms with Gasteiger partial charge in [0.25, 0.3) is 10.0 Å². The van der Waals surface area contributed by atoms with Gasteiger partial charge in [0.2, 0.25) is 5.91 Å². The fraction of sp³-hybridized carbons (Fsp3) is 0.381. The molecule has 8 heteroatoms. The van der Waals surface area contributed by atoms with Crippen molar-refractivity contribution in [1.82, 2.24) is 9.62 Å². The average molecular weight is 433 g/mol. The van der Waals surface area contributed by atoms with Gasteiger partial charge in [-0.05, 0) is 44.2 Å². The van der Waals surface area contributed by atoms with Crippen LogP contribution in [0, 0.1) is 12.8 Å². The van der Waals surface area contributed by atoms with E-state index in [-0.39, 0.29) is 17.9 Å². The number of fused-ring (bicyclic) bond motifs is 1. The lowest BCUT2D eigenvalue weighted by molar-refractivity contribution is -0.126. The van der Waals surface area contributed by atoms with Crippen molar-refractivity contribution in [3.63, 3.8) is 0 Å².